The summed E-state index contributed by atoms with van der Waals surface area (Å²) in [5.74, 6) is 0.842. The van der Waals surface area contributed by atoms with Gasteiger partial charge in [-0.05, 0) is 88.9 Å². The van der Waals surface area contributed by atoms with E-state index in [0.29, 0.717) is 23.1 Å². The van der Waals surface area contributed by atoms with Gasteiger partial charge in [-0.3, -0.25) is 4.79 Å². The molecule has 1 saturated heterocycles. The number of esters is 1. The van der Waals surface area contributed by atoms with Crippen molar-refractivity contribution in [1.29, 1.82) is 0 Å². The molecular weight excluding hydrogens is 505 g/mol. The van der Waals surface area contributed by atoms with Gasteiger partial charge < -0.3 is 14.4 Å². The number of benzene rings is 2. The number of hydrogen-bond acceptors (Lipinski definition) is 4. The maximum absolute atomic E-state index is 12.1. The summed E-state index contributed by atoms with van der Waals surface area (Å²) < 4.78 is 11.6. The van der Waals surface area contributed by atoms with Crippen LogP contribution >= 0.6 is 23.2 Å². The highest BCUT2D eigenvalue weighted by molar-refractivity contribution is 6.37. The van der Waals surface area contributed by atoms with Gasteiger partial charge in [-0.1, -0.05) is 60.8 Å². The van der Waals surface area contributed by atoms with Crippen molar-refractivity contribution in [2.45, 2.75) is 77.2 Å². The molecule has 0 bridgehead atoms. The van der Waals surface area contributed by atoms with E-state index in [1.54, 1.807) is 0 Å². The number of ether oxygens (including phenoxy) is 2. The fourth-order valence-electron chi connectivity index (χ4n) is 5.25. The van der Waals surface area contributed by atoms with Crippen molar-refractivity contribution in [3.05, 3.63) is 62.6 Å². The first-order valence-electron chi connectivity index (χ1n) is 13.5. The first kappa shape index (κ1) is 28.0. The molecular formula is C31H39Cl2NO3. The summed E-state index contributed by atoms with van der Waals surface area (Å²) >= 11 is 13.1. The van der Waals surface area contributed by atoms with Gasteiger partial charge in [0.2, 0.25) is 0 Å². The van der Waals surface area contributed by atoms with E-state index < -0.39 is 5.60 Å². The molecule has 0 amide bonds. The number of aryl methyl sites for hydroxylation is 1. The molecule has 200 valence electrons. The zero-order valence-corrected chi connectivity index (χ0v) is 24.1. The average molecular weight is 545 g/mol. The molecule has 1 fully saturated rings. The second-order valence-corrected chi connectivity index (χ2v) is 12.2. The van der Waals surface area contributed by atoms with Crippen molar-refractivity contribution in [3.8, 4) is 5.75 Å². The molecule has 0 unspecified atom stereocenters. The maximum atomic E-state index is 12.1. The zero-order valence-electron chi connectivity index (χ0n) is 22.5. The van der Waals surface area contributed by atoms with E-state index in [0.717, 1.165) is 68.6 Å². The Bertz CT molecular complexity index is 1120. The summed E-state index contributed by atoms with van der Waals surface area (Å²) in [6.07, 6.45) is 9.79. The number of fused-ring (bicyclic) bond motifs is 2. The lowest BCUT2D eigenvalue weighted by molar-refractivity contribution is -0.155. The zero-order chi connectivity index (χ0) is 26.6. The molecule has 2 aliphatic heterocycles. The third-order valence-corrected chi connectivity index (χ3v) is 7.97. The first-order chi connectivity index (χ1) is 17.6. The number of likely N-dealkylation sites (tertiary alicyclic amines) is 1. The van der Waals surface area contributed by atoms with Crippen LogP contribution in [0.5, 0.6) is 5.75 Å². The van der Waals surface area contributed by atoms with Gasteiger partial charge in [0, 0.05) is 33.1 Å². The average Bonchev–Trinajstić information content (AvgIpc) is 3.18. The molecule has 0 aliphatic carbocycles. The lowest BCUT2D eigenvalue weighted by Crippen LogP contribution is -2.44. The van der Waals surface area contributed by atoms with E-state index in [4.69, 9.17) is 32.7 Å². The number of rotatable bonds is 8. The van der Waals surface area contributed by atoms with Crippen LogP contribution in [0.3, 0.4) is 0 Å². The molecule has 2 aromatic carbocycles. The molecule has 1 spiro atoms. The summed E-state index contributed by atoms with van der Waals surface area (Å²) in [5, 5.41) is 1.37. The van der Waals surface area contributed by atoms with E-state index in [1.807, 2.05) is 45.1 Å². The number of nitrogens with zero attached hydrogens (tertiary/aromatic N) is 1. The minimum absolute atomic E-state index is 0.0565. The van der Waals surface area contributed by atoms with E-state index in [1.165, 1.54) is 11.1 Å². The number of hydrogen-bond donors (Lipinski definition) is 0. The number of carbonyl (C=O) groups excluding carboxylic acids is 1. The van der Waals surface area contributed by atoms with Crippen molar-refractivity contribution in [2.24, 2.45) is 0 Å². The highest BCUT2D eigenvalue weighted by atomic mass is 35.5. The Morgan fingerprint density at radius 1 is 1.11 bits per heavy atom. The van der Waals surface area contributed by atoms with Crippen molar-refractivity contribution in [3.63, 3.8) is 0 Å². The van der Waals surface area contributed by atoms with Crippen LogP contribution < -0.4 is 4.74 Å². The third kappa shape index (κ3) is 7.10. The van der Waals surface area contributed by atoms with E-state index in [-0.39, 0.29) is 11.4 Å². The molecule has 2 aromatic rings. The van der Waals surface area contributed by atoms with Gasteiger partial charge in [0.05, 0.1) is 13.0 Å². The molecule has 4 rings (SSSR count). The SMILES string of the molecule is CCCCc1cc(Cl)c(/C=C/c2ccc3c(c2)OCC32CCN(CCC(=O)OC(C)(C)C)CC2)c(Cl)c1. The smallest absolute Gasteiger partial charge is 0.307 e. The van der Waals surface area contributed by atoms with Crippen LogP contribution in [0.4, 0.5) is 0 Å². The van der Waals surface area contributed by atoms with Crippen LogP contribution in [-0.4, -0.2) is 42.7 Å². The summed E-state index contributed by atoms with van der Waals surface area (Å²) in [5.41, 5.74) is 4.02. The fraction of sp³-hybridized carbons (Fsp3) is 0.516. The second kappa shape index (κ2) is 11.8. The number of halogens is 2. The summed E-state index contributed by atoms with van der Waals surface area (Å²) in [4.78, 5) is 14.5. The number of unbranched alkanes of at least 4 members (excludes halogenated alkanes) is 1. The van der Waals surface area contributed by atoms with Gasteiger partial charge in [0.1, 0.15) is 11.4 Å². The molecule has 6 heteroatoms. The predicted molar refractivity (Wildman–Crippen MR) is 154 cm³/mol. The Hall–Kier alpha value is -2.01. The van der Waals surface area contributed by atoms with Crippen LogP contribution in [0.2, 0.25) is 10.0 Å². The Morgan fingerprint density at radius 3 is 2.46 bits per heavy atom. The highest BCUT2D eigenvalue weighted by Gasteiger charge is 2.43. The number of piperidine rings is 1. The van der Waals surface area contributed by atoms with Crippen molar-refractivity contribution in [1.82, 2.24) is 4.90 Å². The molecule has 0 atom stereocenters. The third-order valence-electron chi connectivity index (χ3n) is 7.35. The Kier molecular flexibility index (Phi) is 8.93. The van der Waals surface area contributed by atoms with Gasteiger partial charge in [-0.15, -0.1) is 0 Å². The molecule has 0 saturated carbocycles. The monoisotopic (exact) mass is 543 g/mol. The lowest BCUT2D eigenvalue weighted by atomic mass is 9.74. The summed E-state index contributed by atoms with van der Waals surface area (Å²) in [7, 11) is 0. The summed E-state index contributed by atoms with van der Waals surface area (Å²) in [6.45, 7) is 11.3. The van der Waals surface area contributed by atoms with E-state index in [2.05, 4.69) is 30.0 Å². The van der Waals surface area contributed by atoms with Crippen molar-refractivity contribution < 1.29 is 14.3 Å². The molecule has 37 heavy (non-hydrogen) atoms. The molecule has 4 nitrogen and oxygen atoms in total. The Balaban J connectivity index is 1.37. The summed E-state index contributed by atoms with van der Waals surface area (Å²) in [6, 6.07) is 10.5. The van der Waals surface area contributed by atoms with Crippen molar-refractivity contribution >= 4 is 41.3 Å². The minimum Gasteiger partial charge on any atom is -0.492 e. The van der Waals surface area contributed by atoms with Gasteiger partial charge in [-0.25, -0.2) is 0 Å². The molecule has 2 aliphatic rings. The Labute approximate surface area is 231 Å². The standard InChI is InChI=1S/C31H39Cl2NO3/c1-5-6-7-23-18-26(32)24(27(33)19-23)10-8-22-9-11-25-28(20-22)36-21-31(25)13-16-34(17-14-31)15-12-29(35)37-30(2,3)4/h8-11,18-20H,5-7,12-17,21H2,1-4H3/b10-8+. The van der Waals surface area contributed by atoms with Gasteiger partial charge in [0.25, 0.3) is 0 Å². The van der Waals surface area contributed by atoms with Crippen LogP contribution in [0.1, 0.15) is 82.1 Å². The number of carbonyl (C=O) groups is 1. The second-order valence-electron chi connectivity index (χ2n) is 11.4. The fourth-order valence-corrected chi connectivity index (χ4v) is 5.91. The molecule has 2 heterocycles. The highest BCUT2D eigenvalue weighted by Crippen LogP contribution is 2.46. The Morgan fingerprint density at radius 2 is 1.81 bits per heavy atom. The van der Waals surface area contributed by atoms with Crippen molar-refractivity contribution in [2.75, 3.05) is 26.2 Å². The first-order valence-corrected chi connectivity index (χ1v) is 14.2. The lowest BCUT2D eigenvalue weighted by Gasteiger charge is -2.38. The largest absolute Gasteiger partial charge is 0.492 e. The topological polar surface area (TPSA) is 38.8 Å². The van der Waals surface area contributed by atoms with E-state index >= 15 is 0 Å². The van der Waals surface area contributed by atoms with Crippen LogP contribution in [-0.2, 0) is 21.4 Å². The van der Waals surface area contributed by atoms with Gasteiger partial charge >= 0.3 is 5.97 Å². The predicted octanol–water partition coefficient (Wildman–Crippen LogP) is 7.96. The maximum Gasteiger partial charge on any atom is 0.307 e. The van der Waals surface area contributed by atoms with Crippen LogP contribution in [0.15, 0.2) is 30.3 Å². The van der Waals surface area contributed by atoms with Crippen LogP contribution in [0, 0.1) is 0 Å². The van der Waals surface area contributed by atoms with Gasteiger partial charge in [0.15, 0.2) is 0 Å². The molecule has 0 aromatic heterocycles. The van der Waals surface area contributed by atoms with Gasteiger partial charge in [-0.2, -0.15) is 0 Å². The molecule has 0 radical (unpaired) electrons. The van der Waals surface area contributed by atoms with E-state index in [9.17, 15) is 4.79 Å². The minimum atomic E-state index is -0.431. The molecule has 0 N–H and O–H groups in total. The van der Waals surface area contributed by atoms with Crippen LogP contribution in [0.25, 0.3) is 12.2 Å². The normalized spacial score (nSPS) is 17.2. The quantitative estimate of drug-likeness (QED) is 0.250.